The van der Waals surface area contributed by atoms with Gasteiger partial charge in [0.25, 0.3) is 0 Å². The van der Waals surface area contributed by atoms with Crippen molar-refractivity contribution in [2.75, 3.05) is 5.73 Å². The Hall–Kier alpha value is -1.16. The van der Waals surface area contributed by atoms with Crippen molar-refractivity contribution in [3.05, 3.63) is 34.7 Å². The fourth-order valence-electron chi connectivity index (χ4n) is 1.24. The molecule has 1 aromatic heterocycles. The third kappa shape index (κ3) is 1.37. The SMILES string of the molecule is Nc1cc2cccc(F)c2c(Br)n1. The van der Waals surface area contributed by atoms with Gasteiger partial charge in [0.2, 0.25) is 0 Å². The molecule has 0 amide bonds. The van der Waals surface area contributed by atoms with E-state index < -0.39 is 0 Å². The van der Waals surface area contributed by atoms with E-state index in [0.29, 0.717) is 15.8 Å². The minimum Gasteiger partial charge on any atom is -0.384 e. The number of pyridine rings is 1. The van der Waals surface area contributed by atoms with E-state index in [0.717, 1.165) is 5.39 Å². The van der Waals surface area contributed by atoms with E-state index in [9.17, 15) is 4.39 Å². The van der Waals surface area contributed by atoms with E-state index in [2.05, 4.69) is 20.9 Å². The molecule has 2 nitrogen and oxygen atoms in total. The zero-order valence-corrected chi connectivity index (χ0v) is 8.18. The van der Waals surface area contributed by atoms with E-state index in [-0.39, 0.29) is 5.82 Å². The maximum absolute atomic E-state index is 13.3. The van der Waals surface area contributed by atoms with Crippen molar-refractivity contribution in [1.82, 2.24) is 4.98 Å². The van der Waals surface area contributed by atoms with Crippen LogP contribution in [0.4, 0.5) is 10.2 Å². The Balaban J connectivity index is 2.94. The van der Waals surface area contributed by atoms with Crippen molar-refractivity contribution in [3.63, 3.8) is 0 Å². The van der Waals surface area contributed by atoms with E-state index in [1.165, 1.54) is 6.07 Å². The normalized spacial score (nSPS) is 10.6. The van der Waals surface area contributed by atoms with Gasteiger partial charge < -0.3 is 5.73 Å². The summed E-state index contributed by atoms with van der Waals surface area (Å²) in [6, 6.07) is 6.47. The summed E-state index contributed by atoms with van der Waals surface area (Å²) >= 11 is 3.17. The van der Waals surface area contributed by atoms with Gasteiger partial charge in [0.05, 0.1) is 5.39 Å². The number of hydrogen-bond acceptors (Lipinski definition) is 2. The molecule has 1 heterocycles. The van der Waals surface area contributed by atoms with E-state index in [1.807, 2.05) is 0 Å². The van der Waals surface area contributed by atoms with E-state index in [4.69, 9.17) is 5.73 Å². The van der Waals surface area contributed by atoms with Crippen molar-refractivity contribution >= 4 is 32.5 Å². The number of fused-ring (bicyclic) bond motifs is 1. The molecule has 0 saturated carbocycles. The van der Waals surface area contributed by atoms with Crippen LogP contribution in [0.15, 0.2) is 28.9 Å². The van der Waals surface area contributed by atoms with Crippen molar-refractivity contribution < 1.29 is 4.39 Å². The van der Waals surface area contributed by atoms with Crippen LogP contribution in [-0.4, -0.2) is 4.98 Å². The maximum atomic E-state index is 13.3. The Morgan fingerprint density at radius 3 is 2.92 bits per heavy atom. The maximum Gasteiger partial charge on any atom is 0.133 e. The fraction of sp³-hybridized carbons (Fsp3) is 0. The molecular formula is C9H6BrFN2. The highest BCUT2D eigenvalue weighted by molar-refractivity contribution is 9.10. The van der Waals surface area contributed by atoms with Gasteiger partial charge in [-0.2, -0.15) is 0 Å². The lowest BCUT2D eigenvalue weighted by Crippen LogP contribution is -1.92. The first-order valence-corrected chi connectivity index (χ1v) is 4.48. The first-order chi connectivity index (χ1) is 6.18. The molecule has 66 valence electrons. The lowest BCUT2D eigenvalue weighted by atomic mass is 10.2. The van der Waals surface area contributed by atoms with Crippen molar-refractivity contribution in [2.24, 2.45) is 0 Å². The van der Waals surface area contributed by atoms with Gasteiger partial charge in [0.15, 0.2) is 0 Å². The predicted octanol–water partition coefficient (Wildman–Crippen LogP) is 2.72. The molecule has 0 radical (unpaired) electrons. The summed E-state index contributed by atoms with van der Waals surface area (Å²) in [5.74, 6) is 0.0850. The first-order valence-electron chi connectivity index (χ1n) is 3.69. The number of anilines is 1. The molecule has 0 saturated heterocycles. The van der Waals surface area contributed by atoms with Gasteiger partial charge in [-0.15, -0.1) is 0 Å². The molecule has 0 aliphatic rings. The molecule has 0 aliphatic heterocycles. The van der Waals surface area contributed by atoms with Gasteiger partial charge in [0, 0.05) is 0 Å². The topological polar surface area (TPSA) is 38.9 Å². The summed E-state index contributed by atoms with van der Waals surface area (Å²) < 4.78 is 13.7. The molecule has 0 aliphatic carbocycles. The van der Waals surface area contributed by atoms with Gasteiger partial charge in [-0.1, -0.05) is 12.1 Å². The second-order valence-electron chi connectivity index (χ2n) is 2.68. The molecular weight excluding hydrogens is 235 g/mol. The number of rotatable bonds is 0. The summed E-state index contributed by atoms with van der Waals surface area (Å²) in [4.78, 5) is 3.92. The van der Waals surface area contributed by atoms with Crippen LogP contribution in [0.1, 0.15) is 0 Å². The highest BCUT2D eigenvalue weighted by atomic mass is 79.9. The van der Waals surface area contributed by atoms with Gasteiger partial charge in [-0.05, 0) is 33.4 Å². The molecule has 1 aromatic carbocycles. The molecule has 0 unspecified atom stereocenters. The van der Waals surface area contributed by atoms with Crippen molar-refractivity contribution in [3.8, 4) is 0 Å². The second-order valence-corrected chi connectivity index (χ2v) is 3.43. The number of benzene rings is 1. The Morgan fingerprint density at radius 2 is 2.15 bits per heavy atom. The summed E-state index contributed by atoms with van der Waals surface area (Å²) in [6.45, 7) is 0. The van der Waals surface area contributed by atoms with Crippen molar-refractivity contribution in [2.45, 2.75) is 0 Å². The number of hydrogen-bond donors (Lipinski definition) is 1. The van der Waals surface area contributed by atoms with Crippen molar-refractivity contribution in [1.29, 1.82) is 0 Å². The monoisotopic (exact) mass is 240 g/mol. The van der Waals surface area contributed by atoms with Crippen LogP contribution < -0.4 is 5.73 Å². The average molecular weight is 241 g/mol. The third-order valence-electron chi connectivity index (χ3n) is 1.78. The summed E-state index contributed by atoms with van der Waals surface area (Å²) in [6.07, 6.45) is 0. The minimum atomic E-state index is -0.295. The molecule has 2 aromatic rings. The number of halogens is 2. The largest absolute Gasteiger partial charge is 0.384 e. The quantitative estimate of drug-likeness (QED) is 0.720. The van der Waals surface area contributed by atoms with Gasteiger partial charge in [-0.25, -0.2) is 9.37 Å². The second kappa shape index (κ2) is 2.96. The summed E-state index contributed by atoms with van der Waals surface area (Å²) in [7, 11) is 0. The summed E-state index contributed by atoms with van der Waals surface area (Å²) in [5.41, 5.74) is 5.51. The molecule has 4 heteroatoms. The highest BCUT2D eigenvalue weighted by Gasteiger charge is 2.05. The molecule has 2 N–H and O–H groups in total. The van der Waals surface area contributed by atoms with Crippen LogP contribution in [0.5, 0.6) is 0 Å². The number of nitrogens with zero attached hydrogens (tertiary/aromatic N) is 1. The van der Waals surface area contributed by atoms with Crippen LogP contribution in [0.3, 0.4) is 0 Å². The molecule has 13 heavy (non-hydrogen) atoms. The molecule has 0 bridgehead atoms. The molecule has 2 rings (SSSR count). The Labute approximate surface area is 82.7 Å². The smallest absolute Gasteiger partial charge is 0.133 e. The van der Waals surface area contributed by atoms with Crippen LogP contribution >= 0.6 is 15.9 Å². The number of nitrogens with two attached hydrogens (primary N) is 1. The lowest BCUT2D eigenvalue weighted by Gasteiger charge is -2.02. The number of nitrogen functional groups attached to an aromatic ring is 1. The highest BCUT2D eigenvalue weighted by Crippen LogP contribution is 2.26. The third-order valence-corrected chi connectivity index (χ3v) is 2.36. The van der Waals surface area contributed by atoms with E-state index >= 15 is 0 Å². The van der Waals surface area contributed by atoms with Crippen LogP contribution in [0.25, 0.3) is 10.8 Å². The average Bonchev–Trinajstić information content (AvgIpc) is 2.02. The fourth-order valence-corrected chi connectivity index (χ4v) is 1.86. The zero-order valence-electron chi connectivity index (χ0n) is 6.59. The minimum absolute atomic E-state index is 0.295. The Bertz CT molecular complexity index is 470. The van der Waals surface area contributed by atoms with Gasteiger partial charge >= 0.3 is 0 Å². The van der Waals surface area contributed by atoms with Gasteiger partial charge in [-0.3, -0.25) is 0 Å². The van der Waals surface area contributed by atoms with Gasteiger partial charge in [0.1, 0.15) is 16.2 Å². The molecule has 0 atom stereocenters. The predicted molar refractivity (Wildman–Crippen MR) is 53.8 cm³/mol. The van der Waals surface area contributed by atoms with Crippen LogP contribution in [0.2, 0.25) is 0 Å². The standard InChI is InChI=1S/C9H6BrFN2/c10-9-8-5(4-7(12)13-9)2-1-3-6(8)11/h1-4H,(H2,12,13). The summed E-state index contributed by atoms with van der Waals surface area (Å²) in [5, 5.41) is 1.22. The molecule has 0 spiro atoms. The Morgan fingerprint density at radius 1 is 1.38 bits per heavy atom. The van der Waals surface area contributed by atoms with E-state index in [1.54, 1.807) is 18.2 Å². The lowest BCUT2D eigenvalue weighted by molar-refractivity contribution is 0.639. The first kappa shape index (κ1) is 8.44. The zero-order chi connectivity index (χ0) is 9.42. The Kier molecular flexibility index (Phi) is 1.92. The number of aromatic nitrogens is 1. The van der Waals surface area contributed by atoms with Crippen LogP contribution in [0, 0.1) is 5.82 Å². The van der Waals surface area contributed by atoms with Crippen LogP contribution in [-0.2, 0) is 0 Å². The molecule has 0 fully saturated rings.